The van der Waals surface area contributed by atoms with Gasteiger partial charge in [-0.15, -0.1) is 0 Å². The lowest BCUT2D eigenvalue weighted by molar-refractivity contribution is -0.312. The minimum absolute atomic E-state index is 0. The van der Waals surface area contributed by atoms with E-state index in [-0.39, 0.29) is 12.8 Å². The third-order valence-electron chi connectivity index (χ3n) is 3.29. The molecule has 0 aromatic heterocycles. The maximum atomic E-state index is 10.7. The maximum Gasteiger partial charge on any atom is 0.0446 e. The molecule has 116 valence electrons. The van der Waals surface area contributed by atoms with Gasteiger partial charge in [-0.2, -0.15) is 0 Å². The molecule has 0 spiro atoms. The largest absolute Gasteiger partial charge is 0.550 e. The zero-order valence-electron chi connectivity index (χ0n) is 13.2. The van der Waals surface area contributed by atoms with E-state index in [1.54, 1.807) is 0 Å². The molecular formula is C15H33NO3. The van der Waals surface area contributed by atoms with E-state index >= 15 is 0 Å². The van der Waals surface area contributed by atoms with Crippen LogP contribution in [0.15, 0.2) is 0 Å². The molecular weight excluding hydrogens is 242 g/mol. The van der Waals surface area contributed by atoms with Crippen LogP contribution in [0.5, 0.6) is 0 Å². The van der Waals surface area contributed by atoms with Crippen molar-refractivity contribution < 1.29 is 15.0 Å². The molecule has 0 heterocycles. The fourth-order valence-corrected chi connectivity index (χ4v) is 2.11. The van der Waals surface area contributed by atoms with Gasteiger partial charge in [-0.05, 0) is 24.7 Å². The van der Waals surface area contributed by atoms with Crippen molar-refractivity contribution in [3.05, 3.63) is 0 Å². The highest BCUT2D eigenvalue weighted by Gasteiger charge is 2.10. The molecule has 0 saturated carbocycles. The molecule has 1 atom stereocenters. The normalized spacial score (nSPS) is 12.8. The SMILES string of the molecule is CC(C)(C)CCCCCCCC(CCO)C(=O)[O-].[NH4+]. The van der Waals surface area contributed by atoms with Gasteiger partial charge in [0.25, 0.3) is 0 Å². The molecule has 0 aromatic rings. The summed E-state index contributed by atoms with van der Waals surface area (Å²) < 4.78 is 0. The van der Waals surface area contributed by atoms with Gasteiger partial charge in [-0.1, -0.05) is 52.9 Å². The quantitative estimate of drug-likeness (QED) is 0.600. The summed E-state index contributed by atoms with van der Waals surface area (Å²) >= 11 is 0. The Morgan fingerprint density at radius 1 is 1.05 bits per heavy atom. The van der Waals surface area contributed by atoms with Crippen molar-refractivity contribution >= 4 is 5.97 Å². The number of aliphatic hydroxyl groups excluding tert-OH is 1. The smallest absolute Gasteiger partial charge is 0.0446 e. The highest BCUT2D eigenvalue weighted by atomic mass is 16.4. The average molecular weight is 275 g/mol. The molecule has 0 amide bonds. The van der Waals surface area contributed by atoms with E-state index in [1.807, 2.05) is 0 Å². The van der Waals surface area contributed by atoms with Crippen LogP contribution in [0.3, 0.4) is 0 Å². The fraction of sp³-hybridized carbons (Fsp3) is 0.933. The number of carbonyl (C=O) groups excluding carboxylic acids is 1. The highest BCUT2D eigenvalue weighted by molar-refractivity contribution is 5.67. The topological polar surface area (TPSA) is 96.9 Å². The first-order chi connectivity index (χ1) is 8.37. The van der Waals surface area contributed by atoms with Crippen molar-refractivity contribution in [2.24, 2.45) is 11.3 Å². The highest BCUT2D eigenvalue weighted by Crippen LogP contribution is 2.22. The standard InChI is InChI=1S/C15H30O3.H3N/c1-15(2,3)11-8-6-4-5-7-9-13(10-12-16)14(17)18;/h13,16H,4-12H2,1-3H3,(H,17,18);1H3. The summed E-state index contributed by atoms with van der Waals surface area (Å²) in [6, 6.07) is 0. The van der Waals surface area contributed by atoms with Gasteiger partial charge in [-0.25, -0.2) is 0 Å². The van der Waals surface area contributed by atoms with Gasteiger partial charge in [0.2, 0.25) is 0 Å². The predicted molar refractivity (Wildman–Crippen MR) is 78.0 cm³/mol. The second-order valence-corrected chi connectivity index (χ2v) is 6.40. The number of rotatable bonds is 10. The molecule has 0 aliphatic heterocycles. The lowest BCUT2D eigenvalue weighted by Gasteiger charge is -2.18. The first-order valence-corrected chi connectivity index (χ1v) is 7.18. The summed E-state index contributed by atoms with van der Waals surface area (Å²) in [5.41, 5.74) is 0.418. The van der Waals surface area contributed by atoms with E-state index in [0.717, 1.165) is 12.8 Å². The van der Waals surface area contributed by atoms with Gasteiger partial charge in [0.05, 0.1) is 0 Å². The zero-order chi connectivity index (χ0) is 14.0. The van der Waals surface area contributed by atoms with E-state index < -0.39 is 11.9 Å². The van der Waals surface area contributed by atoms with Gasteiger partial charge in [-0.3, -0.25) is 0 Å². The number of hydrogen-bond donors (Lipinski definition) is 2. The van der Waals surface area contributed by atoms with Gasteiger partial charge in [0.15, 0.2) is 0 Å². The molecule has 1 unspecified atom stereocenters. The van der Waals surface area contributed by atoms with Gasteiger partial charge in [0, 0.05) is 18.5 Å². The number of hydrogen-bond acceptors (Lipinski definition) is 3. The molecule has 0 bridgehead atoms. The number of carboxylic acid groups (broad SMARTS) is 1. The third kappa shape index (κ3) is 13.6. The lowest BCUT2D eigenvalue weighted by Crippen LogP contribution is -2.31. The van der Waals surface area contributed by atoms with Gasteiger partial charge in [0.1, 0.15) is 0 Å². The Bertz CT molecular complexity index is 224. The Labute approximate surface area is 118 Å². The van der Waals surface area contributed by atoms with Crippen LogP contribution < -0.4 is 11.3 Å². The zero-order valence-corrected chi connectivity index (χ0v) is 13.2. The number of carbonyl (C=O) groups is 1. The molecule has 4 nitrogen and oxygen atoms in total. The molecule has 4 heteroatoms. The van der Waals surface area contributed by atoms with Crippen LogP contribution in [0.2, 0.25) is 0 Å². The average Bonchev–Trinajstić information content (AvgIpc) is 2.24. The Balaban J connectivity index is 0. The molecule has 0 radical (unpaired) electrons. The van der Waals surface area contributed by atoms with Crippen LogP contribution in [-0.2, 0) is 4.79 Å². The first-order valence-electron chi connectivity index (χ1n) is 7.18. The summed E-state index contributed by atoms with van der Waals surface area (Å²) in [4.78, 5) is 10.7. The van der Waals surface area contributed by atoms with Crippen LogP contribution in [0.4, 0.5) is 0 Å². The lowest BCUT2D eigenvalue weighted by atomic mass is 9.89. The molecule has 19 heavy (non-hydrogen) atoms. The Hall–Kier alpha value is -0.610. The van der Waals surface area contributed by atoms with Crippen LogP contribution in [0, 0.1) is 11.3 Å². The first kappa shape index (κ1) is 20.7. The summed E-state index contributed by atoms with van der Waals surface area (Å²) in [5.74, 6) is -1.48. The molecule has 0 aromatic carbocycles. The number of quaternary nitrogens is 1. The maximum absolute atomic E-state index is 10.7. The number of carboxylic acids is 1. The fourth-order valence-electron chi connectivity index (χ4n) is 2.11. The van der Waals surface area contributed by atoms with E-state index in [9.17, 15) is 9.90 Å². The Morgan fingerprint density at radius 2 is 1.58 bits per heavy atom. The number of aliphatic hydroxyl groups is 1. The van der Waals surface area contributed by atoms with Crippen LogP contribution >= 0.6 is 0 Å². The van der Waals surface area contributed by atoms with E-state index in [0.29, 0.717) is 18.3 Å². The van der Waals surface area contributed by atoms with E-state index in [4.69, 9.17) is 5.11 Å². The molecule has 0 aliphatic carbocycles. The minimum Gasteiger partial charge on any atom is -0.550 e. The molecule has 0 aliphatic rings. The van der Waals surface area contributed by atoms with Gasteiger partial charge < -0.3 is 21.2 Å². The van der Waals surface area contributed by atoms with Crippen LogP contribution in [0.25, 0.3) is 0 Å². The molecule has 0 saturated heterocycles. The van der Waals surface area contributed by atoms with Crippen LogP contribution in [0.1, 0.15) is 72.1 Å². The number of aliphatic carboxylic acids is 1. The second kappa shape index (κ2) is 11.2. The van der Waals surface area contributed by atoms with Crippen molar-refractivity contribution in [2.75, 3.05) is 6.61 Å². The van der Waals surface area contributed by atoms with E-state index in [1.165, 1.54) is 25.7 Å². The minimum atomic E-state index is -1.02. The monoisotopic (exact) mass is 275 g/mol. The Morgan fingerprint density at radius 3 is 2.05 bits per heavy atom. The van der Waals surface area contributed by atoms with Crippen molar-refractivity contribution in [3.8, 4) is 0 Å². The van der Waals surface area contributed by atoms with Crippen LogP contribution in [-0.4, -0.2) is 17.7 Å². The molecule has 5 N–H and O–H groups in total. The van der Waals surface area contributed by atoms with Gasteiger partial charge >= 0.3 is 0 Å². The summed E-state index contributed by atoms with van der Waals surface area (Å²) in [6.45, 7) is 6.70. The van der Waals surface area contributed by atoms with Crippen molar-refractivity contribution in [1.29, 1.82) is 0 Å². The number of unbranched alkanes of at least 4 members (excludes halogenated alkanes) is 4. The molecule has 0 rings (SSSR count). The summed E-state index contributed by atoms with van der Waals surface area (Å²) in [5, 5.41) is 19.5. The van der Waals surface area contributed by atoms with E-state index in [2.05, 4.69) is 20.8 Å². The second-order valence-electron chi connectivity index (χ2n) is 6.40. The predicted octanol–water partition coefficient (Wildman–Crippen LogP) is 2.89. The summed E-state index contributed by atoms with van der Waals surface area (Å²) in [7, 11) is 0. The molecule has 0 fully saturated rings. The van der Waals surface area contributed by atoms with Crippen molar-refractivity contribution in [2.45, 2.75) is 72.1 Å². The van der Waals surface area contributed by atoms with Crippen molar-refractivity contribution in [1.82, 2.24) is 6.15 Å². The summed E-state index contributed by atoms with van der Waals surface area (Å²) in [6.07, 6.45) is 7.88. The van der Waals surface area contributed by atoms with Crippen molar-refractivity contribution in [3.63, 3.8) is 0 Å². The third-order valence-corrected chi connectivity index (χ3v) is 3.29. The Kier molecular flexibility index (Phi) is 12.2.